The number of rotatable bonds is 4. The number of nitrogens with zero attached hydrogens (tertiary/aromatic N) is 3. The van der Waals surface area contributed by atoms with Crippen molar-refractivity contribution in [3.63, 3.8) is 0 Å². The van der Waals surface area contributed by atoms with Crippen molar-refractivity contribution >= 4 is 11.6 Å². The molecule has 0 amide bonds. The molecule has 0 radical (unpaired) electrons. The zero-order valence-electron chi connectivity index (χ0n) is 12.9. The Morgan fingerprint density at radius 2 is 1.88 bits per heavy atom. The Hall–Kier alpha value is -3.10. The molecule has 3 aromatic rings. The van der Waals surface area contributed by atoms with E-state index in [1.807, 2.05) is 0 Å². The standard InChI is InChI=1S/C16H12F3N3O3/c1-15(14(23)24,12-6-8-20-13-7-9-21-22(12)13)10-4-2-3-5-11(10)25-16(17,18)19/h2-9H,1H3,(H,23,24). The Balaban J connectivity index is 2.27. The second kappa shape index (κ2) is 5.76. The second-order valence-electron chi connectivity index (χ2n) is 5.41. The average Bonchev–Trinajstić information content (AvgIpc) is 3.01. The monoisotopic (exact) mass is 351 g/mol. The van der Waals surface area contributed by atoms with Crippen LogP contribution in [-0.2, 0) is 10.2 Å². The fourth-order valence-corrected chi connectivity index (χ4v) is 2.67. The summed E-state index contributed by atoms with van der Waals surface area (Å²) in [7, 11) is 0. The second-order valence-corrected chi connectivity index (χ2v) is 5.41. The number of aliphatic carboxylic acids is 1. The summed E-state index contributed by atoms with van der Waals surface area (Å²) in [4.78, 5) is 16.2. The van der Waals surface area contributed by atoms with E-state index in [0.717, 1.165) is 6.07 Å². The summed E-state index contributed by atoms with van der Waals surface area (Å²) in [6.45, 7) is 1.30. The lowest BCUT2D eigenvalue weighted by Crippen LogP contribution is -2.37. The number of halogens is 3. The van der Waals surface area contributed by atoms with E-state index in [-0.39, 0.29) is 11.3 Å². The van der Waals surface area contributed by atoms with Crippen molar-refractivity contribution in [2.45, 2.75) is 18.7 Å². The van der Waals surface area contributed by atoms with Crippen LogP contribution >= 0.6 is 0 Å². The van der Waals surface area contributed by atoms with Crippen molar-refractivity contribution in [3.05, 3.63) is 60.0 Å². The first kappa shape index (κ1) is 16.7. The van der Waals surface area contributed by atoms with Gasteiger partial charge in [-0.1, -0.05) is 18.2 Å². The van der Waals surface area contributed by atoms with Gasteiger partial charge in [-0.05, 0) is 19.1 Å². The number of benzene rings is 1. The number of alkyl halides is 3. The van der Waals surface area contributed by atoms with Crippen molar-refractivity contribution in [1.29, 1.82) is 0 Å². The topological polar surface area (TPSA) is 76.7 Å². The van der Waals surface area contributed by atoms with Gasteiger partial charge in [-0.2, -0.15) is 5.10 Å². The van der Waals surface area contributed by atoms with Gasteiger partial charge < -0.3 is 9.84 Å². The van der Waals surface area contributed by atoms with Crippen LogP contribution in [0.5, 0.6) is 5.75 Å². The quantitative estimate of drug-likeness (QED) is 0.782. The molecule has 1 atom stereocenters. The largest absolute Gasteiger partial charge is 0.573 e. The number of carboxylic acid groups (broad SMARTS) is 1. The minimum Gasteiger partial charge on any atom is -0.480 e. The molecule has 130 valence electrons. The molecule has 25 heavy (non-hydrogen) atoms. The van der Waals surface area contributed by atoms with Crippen LogP contribution in [0.2, 0.25) is 0 Å². The minimum absolute atomic E-state index is 0.147. The molecule has 0 fully saturated rings. The number of carboxylic acids is 1. The van der Waals surface area contributed by atoms with Crippen molar-refractivity contribution in [3.8, 4) is 5.75 Å². The van der Waals surface area contributed by atoms with E-state index < -0.39 is 23.5 Å². The van der Waals surface area contributed by atoms with Crippen LogP contribution in [-0.4, -0.2) is 32.0 Å². The van der Waals surface area contributed by atoms with Gasteiger partial charge in [-0.25, -0.2) is 9.50 Å². The highest BCUT2D eigenvalue weighted by molar-refractivity contribution is 5.86. The molecule has 1 N–H and O–H groups in total. The van der Waals surface area contributed by atoms with E-state index in [4.69, 9.17) is 0 Å². The van der Waals surface area contributed by atoms with Gasteiger partial charge in [0.25, 0.3) is 0 Å². The number of fused-ring (bicyclic) bond motifs is 1. The molecule has 2 aromatic heterocycles. The van der Waals surface area contributed by atoms with E-state index >= 15 is 0 Å². The van der Waals surface area contributed by atoms with Crippen LogP contribution in [0.4, 0.5) is 13.2 Å². The normalized spacial score (nSPS) is 14.2. The van der Waals surface area contributed by atoms with Gasteiger partial charge in [0.2, 0.25) is 0 Å². The predicted molar refractivity (Wildman–Crippen MR) is 80.2 cm³/mol. The third-order valence-corrected chi connectivity index (χ3v) is 3.88. The first-order valence-electron chi connectivity index (χ1n) is 7.11. The van der Waals surface area contributed by atoms with Crippen LogP contribution in [0.1, 0.15) is 18.2 Å². The average molecular weight is 351 g/mol. The molecule has 1 unspecified atom stereocenters. The lowest BCUT2D eigenvalue weighted by molar-refractivity contribution is -0.275. The van der Waals surface area contributed by atoms with E-state index in [2.05, 4.69) is 14.8 Å². The van der Waals surface area contributed by atoms with Gasteiger partial charge in [-0.15, -0.1) is 13.2 Å². The highest BCUT2D eigenvalue weighted by Crippen LogP contribution is 2.39. The molecule has 1 aromatic carbocycles. The number of hydrogen-bond donors (Lipinski definition) is 1. The first-order valence-corrected chi connectivity index (χ1v) is 7.11. The molecule has 0 aliphatic heterocycles. The van der Waals surface area contributed by atoms with Crippen molar-refractivity contribution in [2.75, 3.05) is 0 Å². The fraction of sp³-hybridized carbons (Fsp3) is 0.188. The molecule has 2 heterocycles. The Labute approximate surface area is 139 Å². The summed E-state index contributed by atoms with van der Waals surface area (Å²) < 4.78 is 43.5. The summed E-state index contributed by atoms with van der Waals surface area (Å²) in [6, 6.07) is 8.10. The maximum absolute atomic E-state index is 12.7. The van der Waals surface area contributed by atoms with Gasteiger partial charge >= 0.3 is 12.3 Å². The molecule has 0 spiro atoms. The Morgan fingerprint density at radius 1 is 1.16 bits per heavy atom. The summed E-state index contributed by atoms with van der Waals surface area (Å²) in [5.41, 5.74) is -1.48. The molecule has 0 saturated carbocycles. The van der Waals surface area contributed by atoms with Crippen LogP contribution in [0.15, 0.2) is 48.8 Å². The highest BCUT2D eigenvalue weighted by atomic mass is 19.4. The number of hydrogen-bond acceptors (Lipinski definition) is 4. The van der Waals surface area contributed by atoms with Crippen LogP contribution < -0.4 is 4.74 Å². The summed E-state index contributed by atoms with van der Waals surface area (Å²) in [6.07, 6.45) is -2.15. The molecule has 0 aliphatic rings. The van der Waals surface area contributed by atoms with Gasteiger partial charge in [0, 0.05) is 17.8 Å². The molecular formula is C16H12F3N3O3. The third kappa shape index (κ3) is 2.88. The van der Waals surface area contributed by atoms with Crippen molar-refractivity contribution < 1.29 is 27.8 Å². The van der Waals surface area contributed by atoms with Gasteiger partial charge in [0.05, 0.1) is 11.9 Å². The Morgan fingerprint density at radius 3 is 2.56 bits per heavy atom. The molecule has 0 aliphatic carbocycles. The summed E-state index contributed by atoms with van der Waals surface area (Å²) in [5, 5.41) is 13.9. The maximum Gasteiger partial charge on any atom is 0.573 e. The van der Waals surface area contributed by atoms with E-state index in [1.54, 1.807) is 6.07 Å². The Bertz CT molecular complexity index is 939. The van der Waals surface area contributed by atoms with Gasteiger partial charge in [0.15, 0.2) is 5.65 Å². The number of ether oxygens (including phenoxy) is 1. The molecular weight excluding hydrogens is 339 g/mol. The third-order valence-electron chi connectivity index (χ3n) is 3.88. The number of para-hydroxylation sites is 1. The Kier molecular flexibility index (Phi) is 3.86. The van der Waals surface area contributed by atoms with E-state index in [1.165, 1.54) is 48.1 Å². The fourth-order valence-electron chi connectivity index (χ4n) is 2.67. The van der Waals surface area contributed by atoms with Crippen LogP contribution in [0.3, 0.4) is 0 Å². The van der Waals surface area contributed by atoms with Crippen molar-refractivity contribution in [1.82, 2.24) is 14.6 Å². The van der Waals surface area contributed by atoms with Gasteiger partial charge in [0.1, 0.15) is 11.2 Å². The van der Waals surface area contributed by atoms with E-state index in [9.17, 15) is 23.1 Å². The molecule has 6 nitrogen and oxygen atoms in total. The summed E-state index contributed by atoms with van der Waals surface area (Å²) >= 11 is 0. The lowest BCUT2D eigenvalue weighted by atomic mass is 9.78. The molecule has 0 bridgehead atoms. The lowest BCUT2D eigenvalue weighted by Gasteiger charge is -2.28. The smallest absolute Gasteiger partial charge is 0.480 e. The zero-order chi connectivity index (χ0) is 18.2. The van der Waals surface area contributed by atoms with Crippen LogP contribution in [0.25, 0.3) is 5.65 Å². The maximum atomic E-state index is 12.7. The van der Waals surface area contributed by atoms with Gasteiger partial charge in [-0.3, -0.25) is 4.79 Å². The highest BCUT2D eigenvalue weighted by Gasteiger charge is 2.44. The molecule has 0 saturated heterocycles. The number of carbonyl (C=O) groups is 1. The first-order chi connectivity index (χ1) is 11.7. The molecule has 3 rings (SSSR count). The van der Waals surface area contributed by atoms with Crippen molar-refractivity contribution in [2.24, 2.45) is 0 Å². The molecule has 9 heteroatoms. The number of aromatic nitrogens is 3. The minimum atomic E-state index is -4.95. The zero-order valence-corrected chi connectivity index (χ0v) is 12.9. The van der Waals surface area contributed by atoms with E-state index in [0.29, 0.717) is 5.65 Å². The van der Waals surface area contributed by atoms with Crippen LogP contribution in [0, 0.1) is 0 Å². The summed E-state index contributed by atoms with van der Waals surface area (Å²) in [5.74, 6) is -1.94. The predicted octanol–water partition coefficient (Wildman–Crippen LogP) is 3.02. The SMILES string of the molecule is CC(C(=O)O)(c1ccccc1OC(F)(F)F)c1ccnc2ccnn12.